The number of carbonyl (C=O) groups is 1. The van der Waals surface area contributed by atoms with Crippen LogP contribution in [0.15, 0.2) is 35.9 Å². The van der Waals surface area contributed by atoms with E-state index in [1.807, 2.05) is 17.0 Å². The number of anilines is 1. The highest BCUT2D eigenvalue weighted by Crippen LogP contribution is 2.33. The van der Waals surface area contributed by atoms with E-state index in [0.29, 0.717) is 0 Å². The van der Waals surface area contributed by atoms with E-state index in [1.165, 1.54) is 5.57 Å². The third-order valence-electron chi connectivity index (χ3n) is 4.13. The van der Waals surface area contributed by atoms with Crippen molar-refractivity contribution in [1.82, 2.24) is 4.90 Å². The van der Waals surface area contributed by atoms with Gasteiger partial charge in [0.05, 0.1) is 5.92 Å². The predicted octanol–water partition coefficient (Wildman–Crippen LogP) is 2.76. The molecule has 0 fully saturated rings. The van der Waals surface area contributed by atoms with Gasteiger partial charge in [0.25, 0.3) is 0 Å². The number of nitrogens with one attached hydrogen (secondary N) is 1. The first-order chi connectivity index (χ1) is 9.25. The molecule has 0 spiro atoms. The van der Waals surface area contributed by atoms with Crippen LogP contribution in [-0.4, -0.2) is 30.4 Å². The fraction of sp³-hybridized carbons (Fsp3) is 0.438. The second-order valence-corrected chi connectivity index (χ2v) is 5.44. The summed E-state index contributed by atoms with van der Waals surface area (Å²) in [6.45, 7) is 4.67. The smallest absolute Gasteiger partial charge is 0.230 e. The van der Waals surface area contributed by atoms with E-state index in [0.717, 1.165) is 43.7 Å². The summed E-state index contributed by atoms with van der Waals surface area (Å²) < 4.78 is 0. The van der Waals surface area contributed by atoms with Crippen LogP contribution in [0.1, 0.15) is 31.2 Å². The third kappa shape index (κ3) is 2.37. The third-order valence-corrected chi connectivity index (χ3v) is 4.13. The van der Waals surface area contributed by atoms with Gasteiger partial charge in [-0.25, -0.2) is 0 Å². The second-order valence-electron chi connectivity index (χ2n) is 5.44. The average molecular weight is 256 g/mol. The molecular weight excluding hydrogens is 236 g/mol. The van der Waals surface area contributed by atoms with E-state index in [4.69, 9.17) is 0 Å². The first-order valence-electron chi connectivity index (χ1n) is 7.03. The molecule has 2 heterocycles. The monoisotopic (exact) mass is 256 g/mol. The normalized spacial score (nSPS) is 22.3. The quantitative estimate of drug-likeness (QED) is 0.784. The van der Waals surface area contributed by atoms with E-state index in [2.05, 4.69) is 30.4 Å². The molecule has 1 unspecified atom stereocenters. The molecule has 19 heavy (non-hydrogen) atoms. The summed E-state index contributed by atoms with van der Waals surface area (Å²) in [4.78, 5) is 14.7. The Hall–Kier alpha value is -1.77. The van der Waals surface area contributed by atoms with Crippen LogP contribution in [-0.2, 0) is 4.79 Å². The molecule has 0 bridgehead atoms. The largest absolute Gasteiger partial charge is 0.385 e. The van der Waals surface area contributed by atoms with Gasteiger partial charge in [0.1, 0.15) is 0 Å². The molecule has 0 radical (unpaired) electrons. The SMILES string of the molecule is CC1=CCN(C(=O)C2CCNc3ccccc32)CC1. The van der Waals surface area contributed by atoms with E-state index < -0.39 is 0 Å². The Kier molecular flexibility index (Phi) is 3.28. The van der Waals surface area contributed by atoms with Crippen LogP contribution < -0.4 is 5.32 Å². The number of para-hydroxylation sites is 1. The minimum Gasteiger partial charge on any atom is -0.385 e. The Balaban J connectivity index is 1.82. The molecule has 1 N–H and O–H groups in total. The predicted molar refractivity (Wildman–Crippen MR) is 77.2 cm³/mol. The topological polar surface area (TPSA) is 32.3 Å². The number of rotatable bonds is 1. The molecule has 2 aliphatic rings. The van der Waals surface area contributed by atoms with Crippen LogP contribution in [0.4, 0.5) is 5.69 Å². The number of hydrogen-bond donors (Lipinski definition) is 1. The van der Waals surface area contributed by atoms with Crippen molar-refractivity contribution < 1.29 is 4.79 Å². The van der Waals surface area contributed by atoms with Crippen molar-refractivity contribution >= 4 is 11.6 Å². The molecule has 3 heteroatoms. The minimum atomic E-state index is 0.0317. The molecule has 0 saturated heterocycles. The van der Waals surface area contributed by atoms with Crippen molar-refractivity contribution in [3.05, 3.63) is 41.5 Å². The van der Waals surface area contributed by atoms with Gasteiger partial charge >= 0.3 is 0 Å². The summed E-state index contributed by atoms with van der Waals surface area (Å²) in [6, 6.07) is 8.18. The first-order valence-corrected chi connectivity index (χ1v) is 7.03. The molecule has 0 aromatic heterocycles. The van der Waals surface area contributed by atoms with E-state index in [9.17, 15) is 4.79 Å². The van der Waals surface area contributed by atoms with Gasteiger partial charge in [-0.15, -0.1) is 0 Å². The van der Waals surface area contributed by atoms with Crippen molar-refractivity contribution in [3.63, 3.8) is 0 Å². The van der Waals surface area contributed by atoms with Gasteiger partial charge in [0.2, 0.25) is 5.91 Å². The van der Waals surface area contributed by atoms with Crippen molar-refractivity contribution in [3.8, 4) is 0 Å². The standard InChI is InChI=1S/C16H20N2O/c1-12-7-10-18(11-8-12)16(19)14-6-9-17-15-5-3-2-4-13(14)15/h2-5,7,14,17H,6,8-11H2,1H3. The van der Waals surface area contributed by atoms with Gasteiger partial charge in [-0.3, -0.25) is 4.79 Å². The highest BCUT2D eigenvalue weighted by molar-refractivity contribution is 5.86. The lowest BCUT2D eigenvalue weighted by Gasteiger charge is -2.32. The fourth-order valence-electron chi connectivity index (χ4n) is 2.92. The summed E-state index contributed by atoms with van der Waals surface area (Å²) in [5.41, 5.74) is 3.68. The summed E-state index contributed by atoms with van der Waals surface area (Å²) in [7, 11) is 0. The minimum absolute atomic E-state index is 0.0317. The van der Waals surface area contributed by atoms with Crippen LogP contribution in [0.25, 0.3) is 0 Å². The van der Waals surface area contributed by atoms with Gasteiger partial charge in [0.15, 0.2) is 0 Å². The second kappa shape index (κ2) is 5.08. The Morgan fingerprint density at radius 1 is 1.37 bits per heavy atom. The van der Waals surface area contributed by atoms with Crippen LogP contribution >= 0.6 is 0 Å². The lowest BCUT2D eigenvalue weighted by atomic mass is 9.89. The molecule has 0 saturated carbocycles. The van der Waals surface area contributed by atoms with Crippen LogP contribution in [0, 0.1) is 0 Å². The number of fused-ring (bicyclic) bond motifs is 1. The molecule has 3 nitrogen and oxygen atoms in total. The molecule has 100 valence electrons. The Labute approximate surface area is 114 Å². The highest BCUT2D eigenvalue weighted by Gasteiger charge is 2.30. The molecule has 1 aromatic rings. The number of hydrogen-bond acceptors (Lipinski definition) is 2. The van der Waals surface area contributed by atoms with Gasteiger partial charge < -0.3 is 10.2 Å². The van der Waals surface area contributed by atoms with Gasteiger partial charge in [-0.05, 0) is 31.4 Å². The van der Waals surface area contributed by atoms with E-state index >= 15 is 0 Å². The number of amides is 1. The molecule has 1 amide bonds. The zero-order chi connectivity index (χ0) is 13.2. The summed E-state index contributed by atoms with van der Waals surface area (Å²) >= 11 is 0. The average Bonchev–Trinajstić information content (AvgIpc) is 2.47. The summed E-state index contributed by atoms with van der Waals surface area (Å²) in [6.07, 6.45) is 4.09. The zero-order valence-electron chi connectivity index (χ0n) is 11.4. The van der Waals surface area contributed by atoms with Crippen molar-refractivity contribution in [2.45, 2.75) is 25.7 Å². The lowest BCUT2D eigenvalue weighted by Crippen LogP contribution is -2.39. The number of nitrogens with zero attached hydrogens (tertiary/aromatic N) is 1. The van der Waals surface area contributed by atoms with Crippen LogP contribution in [0.3, 0.4) is 0 Å². The number of benzene rings is 1. The van der Waals surface area contributed by atoms with Crippen LogP contribution in [0.5, 0.6) is 0 Å². The maximum Gasteiger partial charge on any atom is 0.230 e. The Morgan fingerprint density at radius 2 is 2.21 bits per heavy atom. The molecule has 1 aromatic carbocycles. The van der Waals surface area contributed by atoms with Gasteiger partial charge in [-0.2, -0.15) is 0 Å². The Morgan fingerprint density at radius 3 is 3.00 bits per heavy atom. The van der Waals surface area contributed by atoms with Gasteiger partial charge in [-0.1, -0.05) is 29.8 Å². The van der Waals surface area contributed by atoms with Crippen LogP contribution in [0.2, 0.25) is 0 Å². The molecule has 0 aliphatic carbocycles. The lowest BCUT2D eigenvalue weighted by molar-refractivity contribution is -0.132. The fourth-order valence-corrected chi connectivity index (χ4v) is 2.92. The molecule has 1 atom stereocenters. The van der Waals surface area contributed by atoms with E-state index in [1.54, 1.807) is 0 Å². The maximum absolute atomic E-state index is 12.7. The summed E-state index contributed by atoms with van der Waals surface area (Å²) in [5, 5.41) is 3.37. The number of carbonyl (C=O) groups excluding carboxylic acids is 1. The first kappa shape index (κ1) is 12.3. The van der Waals surface area contributed by atoms with Crippen molar-refractivity contribution in [2.75, 3.05) is 25.0 Å². The van der Waals surface area contributed by atoms with Gasteiger partial charge in [0, 0.05) is 25.3 Å². The van der Waals surface area contributed by atoms with Crippen molar-refractivity contribution in [1.29, 1.82) is 0 Å². The molecular formula is C16H20N2O. The summed E-state index contributed by atoms with van der Waals surface area (Å²) in [5.74, 6) is 0.321. The molecule has 3 rings (SSSR count). The zero-order valence-corrected chi connectivity index (χ0v) is 11.4. The Bertz CT molecular complexity index is 521. The highest BCUT2D eigenvalue weighted by atomic mass is 16.2. The van der Waals surface area contributed by atoms with E-state index in [-0.39, 0.29) is 11.8 Å². The molecule has 2 aliphatic heterocycles. The maximum atomic E-state index is 12.7. The van der Waals surface area contributed by atoms with Crippen molar-refractivity contribution in [2.24, 2.45) is 0 Å².